The van der Waals surface area contributed by atoms with Gasteiger partial charge in [0, 0.05) is 10.4 Å². The third kappa shape index (κ3) is 2.32. The van der Waals surface area contributed by atoms with Crippen LogP contribution in [0.4, 0.5) is 0 Å². The molecule has 1 aromatic carbocycles. The molecule has 2 heterocycles. The van der Waals surface area contributed by atoms with Crippen molar-refractivity contribution >= 4 is 27.8 Å². The maximum Gasteiger partial charge on any atom is 0.231 e. The molecule has 0 bridgehead atoms. The normalized spacial score (nSPS) is 10.6. The Kier molecular flexibility index (Phi) is 2.97. The monoisotopic (exact) mass is 270 g/mol. The molecule has 0 unspecified atom stereocenters. The van der Waals surface area contributed by atoms with Gasteiger partial charge in [-0.1, -0.05) is 0 Å². The minimum atomic E-state index is 0.535. The van der Waals surface area contributed by atoms with Crippen LogP contribution in [0.2, 0.25) is 0 Å². The second-order valence-corrected chi connectivity index (χ2v) is 5.28. The highest BCUT2D eigenvalue weighted by molar-refractivity contribution is 7.18. The second-order valence-electron chi connectivity index (χ2n) is 4.04. The molecule has 19 heavy (non-hydrogen) atoms. The zero-order chi connectivity index (χ0) is 13.2. The number of fused-ring (bicyclic) bond motifs is 1. The van der Waals surface area contributed by atoms with Crippen molar-refractivity contribution < 1.29 is 9.53 Å². The number of aldehydes is 1. The third-order valence-corrected chi connectivity index (χ3v) is 3.61. The van der Waals surface area contributed by atoms with Gasteiger partial charge in [0.1, 0.15) is 23.2 Å². The molecule has 94 valence electrons. The van der Waals surface area contributed by atoms with Crippen LogP contribution >= 0.6 is 11.3 Å². The van der Waals surface area contributed by atoms with E-state index in [2.05, 4.69) is 9.97 Å². The van der Waals surface area contributed by atoms with Crippen molar-refractivity contribution in [2.45, 2.75) is 6.92 Å². The van der Waals surface area contributed by atoms with E-state index in [1.54, 1.807) is 35.6 Å². The highest BCUT2D eigenvalue weighted by Gasteiger charge is 2.08. The van der Waals surface area contributed by atoms with E-state index >= 15 is 0 Å². The summed E-state index contributed by atoms with van der Waals surface area (Å²) in [5.41, 5.74) is 0.617. The van der Waals surface area contributed by atoms with Crippen molar-refractivity contribution in [3.05, 3.63) is 47.1 Å². The quantitative estimate of drug-likeness (QED) is 0.682. The fourth-order valence-corrected chi connectivity index (χ4v) is 2.60. The van der Waals surface area contributed by atoms with E-state index in [-0.39, 0.29) is 0 Å². The summed E-state index contributed by atoms with van der Waals surface area (Å²) >= 11 is 1.61. The SMILES string of the molecule is Cc1cc2c(Oc3ccc(C=O)cc3)ncnc2s1. The summed E-state index contributed by atoms with van der Waals surface area (Å²) in [6.45, 7) is 2.02. The predicted octanol–water partition coefficient (Wildman–Crippen LogP) is 3.60. The van der Waals surface area contributed by atoms with Gasteiger partial charge in [-0.3, -0.25) is 4.79 Å². The van der Waals surface area contributed by atoms with Crippen molar-refractivity contribution in [3.8, 4) is 11.6 Å². The van der Waals surface area contributed by atoms with Crippen LogP contribution in [0.15, 0.2) is 36.7 Å². The van der Waals surface area contributed by atoms with Crippen LogP contribution < -0.4 is 4.74 Å². The van der Waals surface area contributed by atoms with E-state index < -0.39 is 0 Å². The Morgan fingerprint density at radius 3 is 2.74 bits per heavy atom. The molecule has 0 radical (unpaired) electrons. The Morgan fingerprint density at radius 1 is 1.21 bits per heavy atom. The lowest BCUT2D eigenvalue weighted by Crippen LogP contribution is -1.89. The van der Waals surface area contributed by atoms with Crippen LogP contribution in [0.1, 0.15) is 15.2 Å². The highest BCUT2D eigenvalue weighted by Crippen LogP contribution is 2.31. The molecule has 2 aromatic heterocycles. The highest BCUT2D eigenvalue weighted by atomic mass is 32.1. The zero-order valence-corrected chi connectivity index (χ0v) is 11.0. The molecule has 0 aliphatic carbocycles. The molecule has 4 nitrogen and oxygen atoms in total. The van der Waals surface area contributed by atoms with Crippen molar-refractivity contribution in [3.63, 3.8) is 0 Å². The van der Waals surface area contributed by atoms with E-state index in [1.165, 1.54) is 6.33 Å². The smallest absolute Gasteiger partial charge is 0.231 e. The lowest BCUT2D eigenvalue weighted by molar-refractivity contribution is 0.112. The fraction of sp³-hybridized carbons (Fsp3) is 0.0714. The average Bonchev–Trinajstić information content (AvgIpc) is 2.81. The molecular weight excluding hydrogens is 260 g/mol. The second kappa shape index (κ2) is 4.78. The Morgan fingerprint density at radius 2 is 2.00 bits per heavy atom. The minimum Gasteiger partial charge on any atom is -0.438 e. The number of aromatic nitrogens is 2. The summed E-state index contributed by atoms with van der Waals surface area (Å²) in [6.07, 6.45) is 2.29. The molecule has 0 spiro atoms. The number of aryl methyl sites for hydroxylation is 1. The van der Waals surface area contributed by atoms with Crippen molar-refractivity contribution in [1.82, 2.24) is 9.97 Å². The van der Waals surface area contributed by atoms with Crippen LogP contribution in [0, 0.1) is 6.92 Å². The number of hydrogen-bond acceptors (Lipinski definition) is 5. The average molecular weight is 270 g/mol. The van der Waals surface area contributed by atoms with E-state index in [1.807, 2.05) is 13.0 Å². The fourth-order valence-electron chi connectivity index (χ4n) is 1.76. The van der Waals surface area contributed by atoms with Crippen molar-refractivity contribution in [2.75, 3.05) is 0 Å². The molecule has 0 amide bonds. The summed E-state index contributed by atoms with van der Waals surface area (Å²) in [5.74, 6) is 1.18. The lowest BCUT2D eigenvalue weighted by Gasteiger charge is -2.05. The van der Waals surface area contributed by atoms with Crippen LogP contribution in [0.25, 0.3) is 10.2 Å². The van der Waals surface area contributed by atoms with Gasteiger partial charge >= 0.3 is 0 Å². The Hall–Kier alpha value is -2.27. The zero-order valence-electron chi connectivity index (χ0n) is 10.2. The van der Waals surface area contributed by atoms with Crippen LogP contribution in [-0.2, 0) is 0 Å². The first-order valence-electron chi connectivity index (χ1n) is 5.70. The van der Waals surface area contributed by atoms with Gasteiger partial charge in [0.2, 0.25) is 5.88 Å². The lowest BCUT2D eigenvalue weighted by atomic mass is 10.2. The summed E-state index contributed by atoms with van der Waals surface area (Å²) in [4.78, 5) is 21.0. The number of benzene rings is 1. The largest absolute Gasteiger partial charge is 0.438 e. The van der Waals surface area contributed by atoms with E-state index in [9.17, 15) is 4.79 Å². The van der Waals surface area contributed by atoms with E-state index in [0.717, 1.165) is 21.4 Å². The Balaban J connectivity index is 1.97. The van der Waals surface area contributed by atoms with Crippen molar-refractivity contribution in [1.29, 1.82) is 0 Å². The first-order chi connectivity index (χ1) is 9.26. The molecule has 5 heteroatoms. The van der Waals surface area contributed by atoms with E-state index in [0.29, 0.717) is 17.2 Å². The molecule has 0 atom stereocenters. The first kappa shape index (κ1) is 11.8. The van der Waals surface area contributed by atoms with Crippen LogP contribution in [0.5, 0.6) is 11.6 Å². The van der Waals surface area contributed by atoms with Gasteiger partial charge in [-0.05, 0) is 37.3 Å². The molecule has 0 saturated heterocycles. The Labute approximate surface area is 113 Å². The van der Waals surface area contributed by atoms with Gasteiger partial charge in [-0.25, -0.2) is 9.97 Å². The van der Waals surface area contributed by atoms with Gasteiger partial charge in [0.15, 0.2) is 0 Å². The van der Waals surface area contributed by atoms with Crippen LogP contribution in [-0.4, -0.2) is 16.3 Å². The number of carbonyl (C=O) groups is 1. The molecule has 0 N–H and O–H groups in total. The number of ether oxygens (including phenoxy) is 1. The van der Waals surface area contributed by atoms with Gasteiger partial charge in [-0.15, -0.1) is 11.3 Å². The van der Waals surface area contributed by atoms with Crippen LogP contribution in [0.3, 0.4) is 0 Å². The summed E-state index contributed by atoms with van der Waals surface area (Å²) in [7, 11) is 0. The molecule has 0 saturated carbocycles. The predicted molar refractivity (Wildman–Crippen MR) is 74.1 cm³/mol. The summed E-state index contributed by atoms with van der Waals surface area (Å²) < 4.78 is 5.74. The van der Waals surface area contributed by atoms with Gasteiger partial charge in [-0.2, -0.15) is 0 Å². The number of hydrogen-bond donors (Lipinski definition) is 0. The summed E-state index contributed by atoms with van der Waals surface area (Å²) in [5, 5.41) is 0.907. The number of thiophene rings is 1. The third-order valence-electron chi connectivity index (χ3n) is 2.65. The molecule has 0 fully saturated rings. The molecule has 0 aliphatic heterocycles. The van der Waals surface area contributed by atoms with Gasteiger partial charge in [0.25, 0.3) is 0 Å². The number of nitrogens with zero attached hydrogens (tertiary/aromatic N) is 2. The molecule has 3 rings (SSSR count). The van der Waals surface area contributed by atoms with Gasteiger partial charge in [0.05, 0.1) is 5.39 Å². The summed E-state index contributed by atoms with van der Waals surface area (Å²) in [6, 6.07) is 8.92. The maximum atomic E-state index is 10.6. The number of carbonyl (C=O) groups excluding carboxylic acids is 1. The molecule has 3 aromatic rings. The first-order valence-corrected chi connectivity index (χ1v) is 6.52. The maximum absolute atomic E-state index is 10.6. The minimum absolute atomic E-state index is 0.535. The molecular formula is C14H10N2O2S. The van der Waals surface area contributed by atoms with Gasteiger partial charge < -0.3 is 4.74 Å². The van der Waals surface area contributed by atoms with E-state index in [4.69, 9.17) is 4.74 Å². The standard InChI is InChI=1S/C14H10N2O2S/c1-9-6-12-13(15-8-16-14(12)19-9)18-11-4-2-10(7-17)3-5-11/h2-8H,1H3. The number of rotatable bonds is 3. The van der Waals surface area contributed by atoms with Crippen molar-refractivity contribution in [2.24, 2.45) is 0 Å². The Bertz CT molecular complexity index is 735. The topological polar surface area (TPSA) is 52.1 Å². The molecule has 0 aliphatic rings.